The number of rotatable bonds is 2. The number of hydrogen-bond acceptors (Lipinski definition) is 6. The van der Waals surface area contributed by atoms with Gasteiger partial charge in [-0.15, -0.1) is 0 Å². The summed E-state index contributed by atoms with van der Waals surface area (Å²) in [7, 11) is 1.33. The second-order valence-corrected chi connectivity index (χ2v) is 7.86. The number of methoxy groups -OCH3 is 1. The average Bonchev–Trinajstić information content (AvgIpc) is 3.37. The summed E-state index contributed by atoms with van der Waals surface area (Å²) >= 11 is 0. The van der Waals surface area contributed by atoms with Crippen LogP contribution in [0.25, 0.3) is 21.8 Å². The zero-order valence-corrected chi connectivity index (χ0v) is 17.2. The van der Waals surface area contributed by atoms with E-state index in [9.17, 15) is 10.1 Å². The summed E-state index contributed by atoms with van der Waals surface area (Å²) < 4.78 is 18.4. The summed E-state index contributed by atoms with van der Waals surface area (Å²) in [4.78, 5) is 17.2. The molecule has 0 fully saturated rings. The highest BCUT2D eigenvalue weighted by molar-refractivity contribution is 6.11. The largest absolute Gasteiger partial charge is 0.464 e. The predicted octanol–water partition coefficient (Wildman–Crippen LogP) is 4.28. The molecule has 1 atom stereocenters. The Balaban J connectivity index is 1.78. The number of esters is 1. The van der Waals surface area contributed by atoms with Crippen LogP contribution in [0.1, 0.15) is 33.2 Å². The quantitative estimate of drug-likeness (QED) is 0.353. The van der Waals surface area contributed by atoms with Gasteiger partial charge >= 0.3 is 5.97 Å². The fourth-order valence-electron chi connectivity index (χ4n) is 4.82. The van der Waals surface area contributed by atoms with Crippen molar-refractivity contribution in [3.8, 4) is 17.6 Å². The van der Waals surface area contributed by atoms with Crippen LogP contribution in [-0.4, -0.2) is 29.4 Å². The molecule has 4 heterocycles. The molecular formula is C25H17N3O4. The summed E-state index contributed by atoms with van der Waals surface area (Å²) in [6.07, 6.45) is 0. The van der Waals surface area contributed by atoms with E-state index in [1.54, 1.807) is 6.07 Å². The number of fused-ring (bicyclic) bond motifs is 5. The van der Waals surface area contributed by atoms with Crippen molar-refractivity contribution in [2.24, 2.45) is 0 Å². The van der Waals surface area contributed by atoms with Crippen LogP contribution in [0.4, 0.5) is 0 Å². The Hall–Kier alpha value is -4.31. The molecule has 32 heavy (non-hydrogen) atoms. The Kier molecular flexibility index (Phi) is 3.80. The number of nitrogens with zero attached hydrogens (tertiary/aromatic N) is 3. The Morgan fingerprint density at radius 2 is 2.00 bits per heavy atom. The average molecular weight is 423 g/mol. The van der Waals surface area contributed by atoms with Crippen LogP contribution < -0.4 is 9.47 Å². The van der Waals surface area contributed by atoms with Crippen molar-refractivity contribution < 1.29 is 19.0 Å². The summed E-state index contributed by atoms with van der Waals surface area (Å²) in [6, 6.07) is 15.8. The van der Waals surface area contributed by atoms with E-state index in [1.165, 1.54) is 7.11 Å². The number of ether oxygens (including phenoxy) is 3. The lowest BCUT2D eigenvalue weighted by atomic mass is 9.85. The van der Waals surface area contributed by atoms with Crippen LogP contribution in [0.5, 0.6) is 11.5 Å². The molecule has 2 aliphatic heterocycles. The Labute approximate surface area is 183 Å². The normalized spacial score (nSPS) is 15.8. The molecule has 0 spiro atoms. The number of aromatic nitrogens is 2. The molecule has 6 rings (SSSR count). The third-order valence-electron chi connectivity index (χ3n) is 6.21. The van der Waals surface area contributed by atoms with Crippen molar-refractivity contribution >= 4 is 27.8 Å². The van der Waals surface area contributed by atoms with Gasteiger partial charge in [0.1, 0.15) is 5.69 Å². The molecule has 2 aromatic heterocycles. The third kappa shape index (κ3) is 2.41. The molecule has 0 saturated carbocycles. The molecule has 7 nitrogen and oxygen atoms in total. The van der Waals surface area contributed by atoms with Crippen LogP contribution in [0.3, 0.4) is 0 Å². The monoisotopic (exact) mass is 423 g/mol. The molecule has 0 amide bonds. The van der Waals surface area contributed by atoms with Crippen LogP contribution in [0.2, 0.25) is 0 Å². The van der Waals surface area contributed by atoms with E-state index in [0.29, 0.717) is 29.3 Å². The minimum absolute atomic E-state index is 0.153. The molecule has 2 aromatic carbocycles. The van der Waals surface area contributed by atoms with Gasteiger partial charge in [-0.05, 0) is 35.4 Å². The Morgan fingerprint density at radius 3 is 2.78 bits per heavy atom. The fraction of sp³-hybridized carbons (Fsp3) is 0.160. The zero-order valence-electron chi connectivity index (χ0n) is 17.2. The first-order valence-electron chi connectivity index (χ1n) is 10.1. The number of carbonyl (C=O) groups excluding carboxylic acids is 1. The lowest BCUT2D eigenvalue weighted by Gasteiger charge is -2.18. The maximum atomic E-state index is 12.5. The molecule has 4 aromatic rings. The zero-order chi connectivity index (χ0) is 22.0. The molecule has 156 valence electrons. The summed E-state index contributed by atoms with van der Waals surface area (Å²) in [6.45, 7) is 4.75. The molecule has 2 aliphatic rings. The molecule has 0 saturated heterocycles. The number of nitriles is 1. The summed E-state index contributed by atoms with van der Waals surface area (Å²) in [5.41, 5.74) is 4.86. The highest BCUT2D eigenvalue weighted by Crippen LogP contribution is 2.46. The van der Waals surface area contributed by atoms with Gasteiger partial charge in [0.2, 0.25) is 6.79 Å². The van der Waals surface area contributed by atoms with Gasteiger partial charge in [0.15, 0.2) is 11.5 Å². The highest BCUT2D eigenvalue weighted by Gasteiger charge is 2.33. The SMILES string of the molecule is C=C(C#N)C1c2cc3c(cc2Cn2c4ccccc4c4cc(C(=O)OC)nc1c42)OCO3. The number of carbonyl (C=O) groups is 1. The molecule has 0 aliphatic carbocycles. The molecular weight excluding hydrogens is 406 g/mol. The van der Waals surface area contributed by atoms with Gasteiger partial charge in [-0.1, -0.05) is 24.8 Å². The lowest BCUT2D eigenvalue weighted by Crippen LogP contribution is -2.11. The van der Waals surface area contributed by atoms with Crippen molar-refractivity contribution in [1.29, 1.82) is 5.26 Å². The first-order chi connectivity index (χ1) is 15.6. The number of hydrogen-bond donors (Lipinski definition) is 0. The molecule has 1 unspecified atom stereocenters. The van der Waals surface area contributed by atoms with Gasteiger partial charge < -0.3 is 18.8 Å². The van der Waals surface area contributed by atoms with Gasteiger partial charge in [-0.25, -0.2) is 9.78 Å². The van der Waals surface area contributed by atoms with Gasteiger partial charge in [-0.2, -0.15) is 5.26 Å². The van der Waals surface area contributed by atoms with Crippen molar-refractivity contribution in [3.05, 3.63) is 77.1 Å². The van der Waals surface area contributed by atoms with Crippen molar-refractivity contribution in [2.75, 3.05) is 13.9 Å². The van der Waals surface area contributed by atoms with Crippen LogP contribution in [0.15, 0.2) is 54.6 Å². The van der Waals surface area contributed by atoms with E-state index in [-0.39, 0.29) is 12.5 Å². The van der Waals surface area contributed by atoms with Crippen LogP contribution in [-0.2, 0) is 11.3 Å². The minimum Gasteiger partial charge on any atom is -0.464 e. The number of allylic oxidation sites excluding steroid dienone is 1. The van der Waals surface area contributed by atoms with E-state index in [4.69, 9.17) is 19.2 Å². The van der Waals surface area contributed by atoms with Crippen LogP contribution in [0, 0.1) is 11.3 Å². The highest BCUT2D eigenvalue weighted by atomic mass is 16.7. The first kappa shape index (κ1) is 18.5. The second-order valence-electron chi connectivity index (χ2n) is 7.86. The maximum Gasteiger partial charge on any atom is 0.356 e. The first-order valence-corrected chi connectivity index (χ1v) is 10.1. The minimum atomic E-state index is -0.540. The van der Waals surface area contributed by atoms with Gasteiger partial charge in [0, 0.05) is 28.4 Å². The van der Waals surface area contributed by atoms with E-state index in [2.05, 4.69) is 17.2 Å². The number of para-hydroxylation sites is 1. The smallest absolute Gasteiger partial charge is 0.356 e. The molecule has 0 bridgehead atoms. The van der Waals surface area contributed by atoms with E-state index in [1.807, 2.05) is 36.4 Å². The van der Waals surface area contributed by atoms with Crippen LogP contribution >= 0.6 is 0 Å². The Morgan fingerprint density at radius 1 is 1.22 bits per heavy atom. The number of benzene rings is 2. The predicted molar refractivity (Wildman–Crippen MR) is 117 cm³/mol. The topological polar surface area (TPSA) is 86.4 Å². The van der Waals surface area contributed by atoms with Gasteiger partial charge in [-0.3, -0.25) is 0 Å². The Bertz CT molecular complexity index is 1530. The van der Waals surface area contributed by atoms with Crippen molar-refractivity contribution in [1.82, 2.24) is 9.55 Å². The maximum absolute atomic E-state index is 12.5. The third-order valence-corrected chi connectivity index (χ3v) is 6.21. The number of pyridine rings is 1. The second kappa shape index (κ2) is 6.59. The summed E-state index contributed by atoms with van der Waals surface area (Å²) in [5, 5.41) is 11.7. The molecule has 0 radical (unpaired) electrons. The van der Waals surface area contributed by atoms with E-state index < -0.39 is 11.9 Å². The molecule has 0 N–H and O–H groups in total. The van der Waals surface area contributed by atoms with Gasteiger partial charge in [0.25, 0.3) is 0 Å². The van der Waals surface area contributed by atoms with Gasteiger partial charge in [0.05, 0.1) is 30.3 Å². The van der Waals surface area contributed by atoms with E-state index in [0.717, 1.165) is 32.9 Å². The van der Waals surface area contributed by atoms with Crippen molar-refractivity contribution in [3.63, 3.8) is 0 Å². The van der Waals surface area contributed by atoms with E-state index >= 15 is 0 Å². The molecule has 7 heteroatoms. The lowest BCUT2D eigenvalue weighted by molar-refractivity contribution is 0.0594. The summed E-state index contributed by atoms with van der Waals surface area (Å²) in [5.74, 6) is 0.224. The standard InChI is InChI=1S/C25H17N3O4/c1-13(10-26)22-16-9-21-20(31-12-32-21)7-14(16)11-28-19-6-4-3-5-15(19)17-8-18(25(29)30-2)27-23(22)24(17)28/h3-9,22H,1,11-12H2,2H3. The van der Waals surface area contributed by atoms with Crippen molar-refractivity contribution in [2.45, 2.75) is 12.5 Å². The fourth-order valence-corrected chi connectivity index (χ4v) is 4.82.